The zero-order chi connectivity index (χ0) is 17.3. The number of hydrogen-bond donors (Lipinski definition) is 2. The second kappa shape index (κ2) is 5.80. The summed E-state index contributed by atoms with van der Waals surface area (Å²) in [6.45, 7) is 0. The van der Waals surface area contributed by atoms with E-state index in [1.165, 1.54) is 6.07 Å². The van der Waals surface area contributed by atoms with Crippen LogP contribution in [-0.2, 0) is 0 Å². The van der Waals surface area contributed by atoms with E-state index in [-0.39, 0.29) is 10.9 Å². The van der Waals surface area contributed by atoms with Crippen LogP contribution < -0.4 is 11.2 Å². The molecule has 0 radical (unpaired) electrons. The lowest BCUT2D eigenvalue weighted by Crippen LogP contribution is -2.32. The van der Waals surface area contributed by atoms with Crippen LogP contribution in [0.1, 0.15) is 5.56 Å². The van der Waals surface area contributed by atoms with Crippen LogP contribution in [0.2, 0.25) is 0 Å². The van der Waals surface area contributed by atoms with Crippen LogP contribution >= 0.6 is 0 Å². The van der Waals surface area contributed by atoms with E-state index in [1.54, 1.807) is 24.3 Å². The molecule has 24 heavy (non-hydrogen) atoms. The predicted molar refractivity (Wildman–Crippen MR) is 86.6 cm³/mol. The lowest BCUT2D eigenvalue weighted by Gasteiger charge is -2.01. The number of fused-ring (bicyclic) bond motifs is 1. The van der Waals surface area contributed by atoms with Gasteiger partial charge in [0.2, 0.25) is 0 Å². The van der Waals surface area contributed by atoms with Crippen molar-refractivity contribution in [2.24, 2.45) is 5.10 Å². The first-order valence-electron chi connectivity index (χ1n) is 6.73. The number of aromatic nitrogens is 2. The van der Waals surface area contributed by atoms with Crippen LogP contribution in [0.5, 0.6) is 5.75 Å². The fourth-order valence-electron chi connectivity index (χ4n) is 2.15. The van der Waals surface area contributed by atoms with E-state index in [9.17, 15) is 24.8 Å². The zero-order valence-electron chi connectivity index (χ0n) is 12.0. The summed E-state index contributed by atoms with van der Waals surface area (Å²) >= 11 is 0. The van der Waals surface area contributed by atoms with E-state index < -0.39 is 27.6 Å². The Kier molecular flexibility index (Phi) is 3.66. The highest BCUT2D eigenvalue weighted by molar-refractivity contribution is 5.82. The van der Waals surface area contributed by atoms with Crippen molar-refractivity contribution < 1.29 is 10.0 Å². The van der Waals surface area contributed by atoms with Crippen molar-refractivity contribution in [2.45, 2.75) is 0 Å². The maximum Gasteiger partial charge on any atom is 0.349 e. The van der Waals surface area contributed by atoms with E-state index in [0.717, 1.165) is 18.3 Å². The smallest absolute Gasteiger partial charge is 0.349 e. The Hall–Kier alpha value is -3.75. The molecule has 0 saturated carbocycles. The van der Waals surface area contributed by atoms with Gasteiger partial charge >= 0.3 is 11.4 Å². The molecule has 2 aromatic carbocycles. The van der Waals surface area contributed by atoms with Gasteiger partial charge in [0.15, 0.2) is 5.75 Å². The molecule has 1 aromatic heterocycles. The molecule has 0 amide bonds. The van der Waals surface area contributed by atoms with Crippen LogP contribution in [0.15, 0.2) is 57.2 Å². The monoisotopic (exact) mass is 326 g/mol. The normalized spacial score (nSPS) is 11.2. The van der Waals surface area contributed by atoms with E-state index in [2.05, 4.69) is 10.1 Å². The Balaban J connectivity index is 2.09. The summed E-state index contributed by atoms with van der Waals surface area (Å²) in [7, 11) is 0. The number of nitrogens with one attached hydrogen (secondary N) is 1. The number of hydrogen-bond acceptors (Lipinski definition) is 6. The number of phenolic OH excluding ortho intramolecular Hbond substituents is 1. The van der Waals surface area contributed by atoms with E-state index in [0.29, 0.717) is 10.2 Å². The highest BCUT2D eigenvalue weighted by Gasteiger charge is 2.13. The molecule has 2 N–H and O–H groups in total. The lowest BCUT2D eigenvalue weighted by atomic mass is 10.2. The SMILES string of the molecule is O=c1[nH]c2ccccc2c(=O)n1/N=C/c1ccc(O)c([N+](=O)[O-])c1. The largest absolute Gasteiger partial charge is 0.502 e. The second-order valence-corrected chi connectivity index (χ2v) is 4.84. The highest BCUT2D eigenvalue weighted by atomic mass is 16.6. The molecule has 0 bridgehead atoms. The number of aromatic hydroxyl groups is 1. The number of nitro groups is 1. The molecule has 0 aliphatic heterocycles. The third-order valence-electron chi connectivity index (χ3n) is 3.30. The Morgan fingerprint density at radius 2 is 1.96 bits per heavy atom. The minimum absolute atomic E-state index is 0.249. The first-order chi connectivity index (χ1) is 11.5. The first kappa shape index (κ1) is 15.2. The standard InChI is InChI=1S/C15H10N4O5/c20-13-6-5-9(7-12(13)19(23)24)8-16-18-14(21)10-3-1-2-4-11(10)17-15(18)22/h1-8,20H,(H,17,22)/b16-8+. The predicted octanol–water partition coefficient (Wildman–Crippen LogP) is 1.19. The highest BCUT2D eigenvalue weighted by Crippen LogP contribution is 2.25. The van der Waals surface area contributed by atoms with Gasteiger partial charge in [-0.2, -0.15) is 5.10 Å². The molecular weight excluding hydrogens is 316 g/mol. The third-order valence-corrected chi connectivity index (χ3v) is 3.30. The van der Waals surface area contributed by atoms with Crippen LogP contribution in [0.3, 0.4) is 0 Å². The van der Waals surface area contributed by atoms with E-state index in [4.69, 9.17) is 0 Å². The van der Waals surface area contributed by atoms with Gasteiger partial charge in [0, 0.05) is 11.6 Å². The number of nitrogens with zero attached hydrogens (tertiary/aromatic N) is 3. The summed E-state index contributed by atoms with van der Waals surface area (Å²) < 4.78 is 0.626. The topological polar surface area (TPSA) is 131 Å². The number of para-hydroxylation sites is 1. The van der Waals surface area contributed by atoms with Gasteiger partial charge in [-0.3, -0.25) is 14.9 Å². The molecule has 0 atom stereocenters. The van der Waals surface area contributed by atoms with Gasteiger partial charge in [0.1, 0.15) is 0 Å². The van der Waals surface area contributed by atoms with Crippen molar-refractivity contribution in [3.8, 4) is 5.75 Å². The fourth-order valence-corrected chi connectivity index (χ4v) is 2.15. The third kappa shape index (κ3) is 2.65. The Bertz CT molecular complexity index is 1100. The number of benzene rings is 2. The van der Waals surface area contributed by atoms with Gasteiger partial charge in [-0.25, -0.2) is 4.79 Å². The summed E-state index contributed by atoms with van der Waals surface area (Å²) in [4.78, 5) is 36.8. The van der Waals surface area contributed by atoms with Crippen molar-refractivity contribution >= 4 is 22.8 Å². The van der Waals surface area contributed by atoms with Crippen molar-refractivity contribution in [2.75, 3.05) is 0 Å². The maximum atomic E-state index is 12.3. The zero-order valence-corrected chi connectivity index (χ0v) is 12.0. The second-order valence-electron chi connectivity index (χ2n) is 4.84. The average Bonchev–Trinajstić information content (AvgIpc) is 2.55. The number of phenols is 1. The molecule has 9 nitrogen and oxygen atoms in total. The van der Waals surface area contributed by atoms with Crippen molar-refractivity contribution in [1.82, 2.24) is 9.66 Å². The van der Waals surface area contributed by atoms with Crippen molar-refractivity contribution in [3.05, 3.63) is 79.0 Å². The van der Waals surface area contributed by atoms with Crippen molar-refractivity contribution in [1.29, 1.82) is 0 Å². The number of aromatic amines is 1. The molecule has 0 aliphatic rings. The molecule has 0 spiro atoms. The molecular formula is C15H10N4O5. The molecule has 0 fully saturated rings. The average molecular weight is 326 g/mol. The Labute approximate surface area is 133 Å². The maximum absolute atomic E-state index is 12.3. The Morgan fingerprint density at radius 1 is 1.21 bits per heavy atom. The molecule has 3 rings (SSSR count). The van der Waals surface area contributed by atoms with Gasteiger partial charge in [-0.15, -0.1) is 4.68 Å². The molecule has 0 saturated heterocycles. The molecule has 0 unspecified atom stereocenters. The number of H-pyrrole nitrogens is 1. The van der Waals surface area contributed by atoms with Gasteiger partial charge in [-0.05, 0) is 24.3 Å². The van der Waals surface area contributed by atoms with Crippen LogP contribution in [0, 0.1) is 10.1 Å². The molecule has 3 aromatic rings. The Morgan fingerprint density at radius 3 is 2.71 bits per heavy atom. The molecule has 0 aliphatic carbocycles. The minimum Gasteiger partial charge on any atom is -0.502 e. The summed E-state index contributed by atoms with van der Waals surface area (Å²) in [5.74, 6) is -0.488. The first-order valence-corrected chi connectivity index (χ1v) is 6.73. The lowest BCUT2D eigenvalue weighted by molar-refractivity contribution is -0.385. The fraction of sp³-hybridized carbons (Fsp3) is 0. The van der Waals surface area contributed by atoms with Gasteiger partial charge in [0.05, 0.1) is 22.0 Å². The van der Waals surface area contributed by atoms with Gasteiger partial charge < -0.3 is 10.1 Å². The van der Waals surface area contributed by atoms with E-state index in [1.807, 2.05) is 0 Å². The number of rotatable bonds is 3. The van der Waals surface area contributed by atoms with Crippen LogP contribution in [0.4, 0.5) is 5.69 Å². The minimum atomic E-state index is -0.748. The summed E-state index contributed by atoms with van der Waals surface area (Å²) in [5.41, 5.74) is -1.21. The number of nitro benzene ring substituents is 1. The van der Waals surface area contributed by atoms with E-state index >= 15 is 0 Å². The molecule has 9 heteroatoms. The summed E-state index contributed by atoms with van der Waals surface area (Å²) in [5, 5.41) is 24.3. The molecule has 120 valence electrons. The van der Waals surface area contributed by atoms with Gasteiger partial charge in [0.25, 0.3) is 5.56 Å². The van der Waals surface area contributed by atoms with Crippen LogP contribution in [-0.4, -0.2) is 25.9 Å². The molecule has 1 heterocycles. The van der Waals surface area contributed by atoms with Crippen molar-refractivity contribution in [3.63, 3.8) is 0 Å². The van der Waals surface area contributed by atoms with Crippen LogP contribution in [0.25, 0.3) is 10.9 Å². The quantitative estimate of drug-likeness (QED) is 0.424. The van der Waals surface area contributed by atoms with Gasteiger partial charge in [-0.1, -0.05) is 12.1 Å². The summed E-state index contributed by atoms with van der Waals surface area (Å²) in [6.07, 6.45) is 1.12. The summed E-state index contributed by atoms with van der Waals surface area (Å²) in [6, 6.07) is 10.1.